The van der Waals surface area contributed by atoms with Gasteiger partial charge in [-0.25, -0.2) is 0 Å². The molecule has 11 N–H and O–H groups in total. The first kappa shape index (κ1) is 60.0. The summed E-state index contributed by atoms with van der Waals surface area (Å²) in [6, 6.07) is 0.834. The van der Waals surface area contributed by atoms with Gasteiger partial charge in [0.15, 0.2) is 30.9 Å². The zero-order valence-corrected chi connectivity index (χ0v) is 45.2. The lowest BCUT2D eigenvalue weighted by Gasteiger charge is -2.43. The van der Waals surface area contributed by atoms with Crippen LogP contribution in [0.2, 0.25) is 0 Å². The highest BCUT2D eigenvalue weighted by molar-refractivity contribution is 6.31. The molecular weight excluding hydrogens is 1090 g/mol. The quantitative estimate of drug-likeness (QED) is 0.0308. The van der Waals surface area contributed by atoms with Gasteiger partial charge in [0.05, 0.1) is 55.8 Å². The molecule has 0 aromatic heterocycles. The molecule has 0 bridgehead atoms. The normalized spacial score (nSPS) is 31.1. The van der Waals surface area contributed by atoms with E-state index in [4.69, 9.17) is 37.9 Å². The van der Waals surface area contributed by atoms with Crippen LogP contribution in [0.1, 0.15) is 82.7 Å². The van der Waals surface area contributed by atoms with E-state index in [2.05, 4.69) is 26.2 Å². The Bertz CT molecular complexity index is 2880. The van der Waals surface area contributed by atoms with Gasteiger partial charge in [-0.1, -0.05) is 26.0 Å². The molecule has 82 heavy (non-hydrogen) atoms. The van der Waals surface area contributed by atoms with E-state index >= 15 is 0 Å². The fourth-order valence-corrected chi connectivity index (χ4v) is 11.5. The average Bonchev–Trinajstić information content (AvgIpc) is 2.02. The minimum atomic E-state index is -2.51. The molecule has 0 saturated carbocycles. The number of carbonyl (C=O) groups excluding carboxylic acids is 8. The fourth-order valence-electron chi connectivity index (χ4n) is 11.5. The SMILES string of the molecule is COc1cccc2c1C(=O)c1c(O)c3c(c(O)c1C2=O)C[C@@](O)(C(=O)NCCNC(=O)[C@H](CO[C@@H]1O[C@H](CO)[C@@H](O)[C@H](O)[C@H]1O)NC(=O)[C@@H](NC(=O)CN1C(=O)C=CC1=O)C(C)C)C[C@@H]3O[C@@H]1C[C@H]2[C@H](O[C@@H]3[C@@H](OC)OCCN32)[C@H](C)O1. The van der Waals surface area contributed by atoms with Crippen LogP contribution in [0, 0.1) is 5.92 Å². The summed E-state index contributed by atoms with van der Waals surface area (Å²) in [4.78, 5) is 111. The minimum Gasteiger partial charge on any atom is -0.507 e. The van der Waals surface area contributed by atoms with Crippen LogP contribution in [0.4, 0.5) is 0 Å². The van der Waals surface area contributed by atoms with E-state index in [1.807, 2.05) is 0 Å². The van der Waals surface area contributed by atoms with Crippen molar-refractivity contribution in [2.45, 2.75) is 132 Å². The number of morpholine rings is 1. The summed E-state index contributed by atoms with van der Waals surface area (Å²) in [6.45, 7) is 2.41. The van der Waals surface area contributed by atoms with Crippen molar-refractivity contribution in [2.24, 2.45) is 5.92 Å². The van der Waals surface area contributed by atoms with Gasteiger partial charge in [-0.15, -0.1) is 0 Å². The number of fused-ring (bicyclic) bond motifs is 6. The largest absolute Gasteiger partial charge is 0.507 e. The number of nitrogens with one attached hydrogen (secondary N) is 4. The van der Waals surface area contributed by atoms with Crippen LogP contribution in [-0.4, -0.2) is 238 Å². The molecule has 15 atom stereocenters. The highest BCUT2D eigenvalue weighted by Crippen LogP contribution is 2.53. The van der Waals surface area contributed by atoms with Crippen molar-refractivity contribution >= 4 is 47.0 Å². The van der Waals surface area contributed by atoms with E-state index < -0.39 is 207 Å². The lowest BCUT2D eigenvalue weighted by atomic mass is 9.72. The number of aromatic hydroxyl groups is 2. The summed E-state index contributed by atoms with van der Waals surface area (Å²) in [5, 5.41) is 87.7. The number of ketones is 2. The number of nitrogens with zero attached hydrogens (tertiary/aromatic N) is 2. The number of benzene rings is 2. The van der Waals surface area contributed by atoms with Crippen molar-refractivity contribution in [1.82, 2.24) is 31.1 Å². The maximum absolute atomic E-state index is 14.4. The van der Waals surface area contributed by atoms with E-state index in [-0.39, 0.29) is 40.5 Å². The zero-order valence-electron chi connectivity index (χ0n) is 45.2. The number of methoxy groups -OCH3 is 2. The molecule has 7 aliphatic rings. The Labute approximate surface area is 467 Å². The second-order valence-corrected chi connectivity index (χ2v) is 21.2. The standard InChI is InChI=1S/C53H66N6O23/c1-21(2)38(57-30(61)18-59-31(62)9-10-32(59)63)48(72)56-25(20-78-50-45(70)44(69)41(66)29(19-60)81-50)47(71)54-11-12-55-52(73)53(74)16-24-35(43(68)37-36(40(24)65)39(64)23-7-6-8-27(75-4)34(23)42(37)67)28(17-53)80-33-15-26-46(22(3)79-33)82-49-51(76-5)77-14-13-58(26)49/h6-10,21-22,25-26,28-29,33,38,41,44-46,49-51,60,65-66,68-70,74H,11-20H2,1-5H3,(H,54,71)(H,55,73)(H,56,72)(H,57,61)/t22-,25-,26-,28-,29+,33+,38-,41+,44-,45+,46+,49+,50+,51-,53-/m0/s1. The Morgan fingerprint density at radius 2 is 1.56 bits per heavy atom. The number of phenols is 2. The van der Waals surface area contributed by atoms with Crippen molar-refractivity contribution in [3.63, 3.8) is 0 Å². The molecule has 0 radical (unpaired) electrons. The molecule has 2 aromatic carbocycles. The lowest BCUT2D eigenvalue weighted by molar-refractivity contribution is -0.301. The maximum atomic E-state index is 14.4. The first-order chi connectivity index (χ1) is 39.0. The molecule has 4 saturated heterocycles. The summed E-state index contributed by atoms with van der Waals surface area (Å²) >= 11 is 0. The summed E-state index contributed by atoms with van der Waals surface area (Å²) in [5.41, 5.74) is -4.44. The van der Waals surface area contributed by atoms with Gasteiger partial charge in [-0.3, -0.25) is 48.2 Å². The predicted octanol–water partition coefficient (Wildman–Crippen LogP) is -4.25. The number of rotatable bonds is 19. The number of hydrogen-bond acceptors (Lipinski definition) is 24. The number of ether oxygens (including phenoxy) is 8. The molecule has 0 unspecified atom stereocenters. The molecule has 5 aliphatic heterocycles. The van der Waals surface area contributed by atoms with Crippen molar-refractivity contribution in [3.8, 4) is 17.2 Å². The third kappa shape index (κ3) is 11.3. The van der Waals surface area contributed by atoms with Crippen LogP contribution < -0.4 is 26.0 Å². The first-order valence-electron chi connectivity index (χ1n) is 26.6. The average molecular weight is 1160 g/mol. The molecule has 446 valence electrons. The van der Waals surface area contributed by atoms with Gasteiger partial charge in [-0.05, 0) is 18.9 Å². The van der Waals surface area contributed by atoms with Crippen LogP contribution in [-0.2, 0) is 68.3 Å². The third-order valence-corrected chi connectivity index (χ3v) is 15.7. The van der Waals surface area contributed by atoms with Crippen LogP contribution in [0.25, 0.3) is 0 Å². The Balaban J connectivity index is 0.936. The lowest BCUT2D eigenvalue weighted by Crippen LogP contribution is -2.61. The van der Waals surface area contributed by atoms with Gasteiger partial charge < -0.3 is 94.9 Å². The Hall–Kier alpha value is -6.58. The highest BCUT2D eigenvalue weighted by atomic mass is 16.7. The molecule has 5 heterocycles. The fraction of sp³-hybridized carbons (Fsp3) is 0.585. The Kier molecular flexibility index (Phi) is 17.8. The molecule has 29 heteroatoms. The van der Waals surface area contributed by atoms with Crippen LogP contribution in [0.5, 0.6) is 17.2 Å². The number of aliphatic hydroxyl groups excluding tert-OH is 4. The number of imide groups is 1. The molecule has 0 spiro atoms. The van der Waals surface area contributed by atoms with Crippen molar-refractivity contribution in [1.29, 1.82) is 0 Å². The van der Waals surface area contributed by atoms with Gasteiger partial charge in [0.25, 0.3) is 17.7 Å². The maximum Gasteiger partial charge on any atom is 0.254 e. The van der Waals surface area contributed by atoms with E-state index in [1.54, 1.807) is 20.8 Å². The smallest absolute Gasteiger partial charge is 0.254 e. The van der Waals surface area contributed by atoms with Crippen molar-refractivity contribution < 1.29 is 112 Å². The van der Waals surface area contributed by atoms with Crippen LogP contribution >= 0.6 is 0 Å². The molecule has 6 amide bonds. The number of aliphatic hydroxyl groups is 5. The molecule has 29 nitrogen and oxygen atoms in total. The number of carbonyl (C=O) groups is 8. The number of hydrogen-bond donors (Lipinski definition) is 11. The van der Waals surface area contributed by atoms with Crippen LogP contribution in [0.3, 0.4) is 0 Å². The molecule has 9 rings (SSSR count). The zero-order chi connectivity index (χ0) is 59.2. The van der Waals surface area contributed by atoms with E-state index in [1.165, 1.54) is 32.4 Å². The van der Waals surface area contributed by atoms with Crippen molar-refractivity contribution in [3.05, 3.63) is 63.7 Å². The summed E-state index contributed by atoms with van der Waals surface area (Å²) in [6.07, 6.45) is -13.0. The van der Waals surface area contributed by atoms with Gasteiger partial charge in [0.2, 0.25) is 23.5 Å². The van der Waals surface area contributed by atoms with E-state index in [9.17, 15) is 74.1 Å². The molecule has 4 fully saturated rings. The minimum absolute atomic E-state index is 0.0254. The summed E-state index contributed by atoms with van der Waals surface area (Å²) in [7, 11) is 2.78. The van der Waals surface area contributed by atoms with Crippen LogP contribution in [0.15, 0.2) is 30.4 Å². The second-order valence-electron chi connectivity index (χ2n) is 21.2. The monoisotopic (exact) mass is 1150 g/mol. The summed E-state index contributed by atoms with van der Waals surface area (Å²) in [5.74, 6) is -9.38. The van der Waals surface area contributed by atoms with Gasteiger partial charge in [0, 0.05) is 80.9 Å². The third-order valence-electron chi connectivity index (χ3n) is 15.7. The topological polar surface area (TPSA) is 407 Å². The first-order valence-corrected chi connectivity index (χ1v) is 26.6. The van der Waals surface area contributed by atoms with Gasteiger partial charge >= 0.3 is 0 Å². The predicted molar refractivity (Wildman–Crippen MR) is 272 cm³/mol. The number of amides is 6. The summed E-state index contributed by atoms with van der Waals surface area (Å²) < 4.78 is 47.0. The highest BCUT2D eigenvalue weighted by Gasteiger charge is 2.56. The molecule has 2 aliphatic carbocycles. The van der Waals surface area contributed by atoms with E-state index in [0.717, 1.165) is 12.2 Å². The van der Waals surface area contributed by atoms with Gasteiger partial charge in [0.1, 0.15) is 72.0 Å². The van der Waals surface area contributed by atoms with E-state index in [0.29, 0.717) is 18.1 Å². The second kappa shape index (κ2) is 24.3. The number of phenolic OH excluding ortho intramolecular Hbond substituents is 2. The molecule has 2 aromatic rings. The van der Waals surface area contributed by atoms with Crippen molar-refractivity contribution in [2.75, 3.05) is 60.2 Å². The Morgan fingerprint density at radius 1 is 0.854 bits per heavy atom. The molecular formula is C53H66N6O23. The Morgan fingerprint density at radius 3 is 2.24 bits per heavy atom. The van der Waals surface area contributed by atoms with Gasteiger partial charge in [-0.2, -0.15) is 0 Å².